The van der Waals surface area contributed by atoms with Crippen molar-refractivity contribution >= 4 is 61.6 Å². The Balaban J connectivity index is 0.000000183. The standard InChI is InChI=1S/C18H15S.C17H24O2.C16H18O3.C13H18O5.C9H16F2O5S/c1-4-10-16(11-5-1)19(17-12-6-2-7-13-17)18-14-8-3-9-15-18;1-4-17(2,3)16(18)19-15-12-8-6-10-13-9-5-7-11-14(13)15;1-4-16(2,3)15(18)19-14-10-9-13(17)11-7-5-6-8-12(11)14;1-4-13(2,3)12(15)18-9-7-5-6-8(16-7)10(9)17-11(6)14;1-5-8(3,4)7(12)16-6(2)9(10,11)17(13,14)15/h1-15H;5,7,9,11,15H,4,6,8,10,12H2,1-3H3;5-10,17H,4H2,1-3H3;6-10H,4-5H2,1-3H3;6H,5H2,1-4H3,(H,13,14,15)/q+1;;;;/p-1. The number of phenols is 1. The van der Waals surface area contributed by atoms with Crippen molar-refractivity contribution in [2.45, 2.75) is 204 Å². The van der Waals surface area contributed by atoms with Crippen LogP contribution in [0.2, 0.25) is 0 Å². The van der Waals surface area contributed by atoms with Gasteiger partial charge in [-0.15, -0.1) is 0 Å². The lowest BCUT2D eigenvalue weighted by atomic mass is 9.87. The second-order valence-corrected chi connectivity index (χ2v) is 29.3. The van der Waals surface area contributed by atoms with E-state index in [9.17, 15) is 50.8 Å². The molecule has 0 saturated carbocycles. The Morgan fingerprint density at radius 3 is 1.58 bits per heavy atom. The molecule has 3 aliphatic heterocycles. The Morgan fingerprint density at radius 1 is 0.609 bits per heavy atom. The van der Waals surface area contributed by atoms with Crippen LogP contribution in [0.3, 0.4) is 0 Å². The average molecular weight is 1310 g/mol. The quantitative estimate of drug-likeness (QED) is 0.0224. The summed E-state index contributed by atoms with van der Waals surface area (Å²) in [5, 5.41) is 6.58. The number of carbonyl (C=O) groups excluding carboxylic acids is 5. The number of carbonyl (C=O) groups is 5. The molecule has 1 aliphatic carbocycles. The summed E-state index contributed by atoms with van der Waals surface area (Å²) in [6.07, 6.45) is 3.96. The molecule has 92 heavy (non-hydrogen) atoms. The van der Waals surface area contributed by atoms with E-state index < -0.39 is 55.9 Å². The molecule has 6 aromatic rings. The first kappa shape index (κ1) is 73.9. The molecule has 7 atom stereocenters. The molecule has 4 aliphatic rings. The number of esters is 5. The van der Waals surface area contributed by atoms with Gasteiger partial charge in [-0.05, 0) is 180 Å². The Hall–Kier alpha value is -7.19. The number of phenolic OH excluding ortho intramolecular Hbond substituents is 1. The van der Waals surface area contributed by atoms with Crippen LogP contribution >= 0.6 is 0 Å². The van der Waals surface area contributed by atoms with Crippen molar-refractivity contribution in [3.8, 4) is 11.5 Å². The first-order chi connectivity index (χ1) is 43.2. The van der Waals surface area contributed by atoms with Crippen LogP contribution < -0.4 is 4.74 Å². The Morgan fingerprint density at radius 2 is 1.07 bits per heavy atom. The predicted molar refractivity (Wildman–Crippen MR) is 349 cm³/mol. The third-order valence-corrected chi connectivity index (χ3v) is 20.9. The number of benzene rings is 6. The maximum absolute atomic E-state index is 13.0. The maximum Gasteiger partial charge on any atom is 0.369 e. The number of halogens is 2. The molecule has 3 heterocycles. The summed E-state index contributed by atoms with van der Waals surface area (Å²) in [7, 11) is -5.87. The van der Waals surface area contributed by atoms with Gasteiger partial charge in [0.2, 0.25) is 0 Å². The van der Waals surface area contributed by atoms with Crippen LogP contribution in [-0.2, 0) is 75.1 Å². The second-order valence-electron chi connectivity index (χ2n) is 25.9. The Kier molecular flexibility index (Phi) is 25.4. The molecule has 10 rings (SSSR count). The molecule has 1 N–H and O–H groups in total. The Bertz CT molecular complexity index is 3470. The van der Waals surface area contributed by atoms with Gasteiger partial charge in [0.05, 0.1) is 44.6 Å². The van der Waals surface area contributed by atoms with E-state index >= 15 is 0 Å². The number of ether oxygens (including phenoxy) is 6. The summed E-state index contributed by atoms with van der Waals surface area (Å²) >= 11 is 0. The van der Waals surface area contributed by atoms with E-state index in [1.54, 1.807) is 25.1 Å². The van der Waals surface area contributed by atoms with Gasteiger partial charge in [0.15, 0.2) is 43.1 Å². The number of alkyl halides is 2. The van der Waals surface area contributed by atoms with Crippen LogP contribution in [-0.4, -0.2) is 83.7 Å². The van der Waals surface area contributed by atoms with Crippen LogP contribution in [0.5, 0.6) is 11.5 Å². The van der Waals surface area contributed by atoms with E-state index in [-0.39, 0.29) is 70.2 Å². The average Bonchev–Trinajstić information content (AvgIpc) is 1.57. The van der Waals surface area contributed by atoms with Crippen molar-refractivity contribution in [1.29, 1.82) is 0 Å². The van der Waals surface area contributed by atoms with Crippen molar-refractivity contribution in [2.24, 2.45) is 27.6 Å². The van der Waals surface area contributed by atoms with Gasteiger partial charge in [-0.2, -0.15) is 8.78 Å². The first-order valence-electron chi connectivity index (χ1n) is 31.5. The summed E-state index contributed by atoms with van der Waals surface area (Å²) in [4.78, 5) is 63.5. The molecule has 19 heteroatoms. The normalized spacial score (nSPS) is 19.5. The van der Waals surface area contributed by atoms with E-state index in [0.29, 0.717) is 43.7 Å². The third-order valence-electron chi connectivity index (χ3n) is 17.7. The zero-order chi connectivity index (χ0) is 68.0. The molecule has 3 saturated heterocycles. The van der Waals surface area contributed by atoms with Crippen LogP contribution in [0.4, 0.5) is 8.78 Å². The van der Waals surface area contributed by atoms with Gasteiger partial charge < -0.3 is 38.1 Å². The van der Waals surface area contributed by atoms with Gasteiger partial charge in [-0.3, -0.25) is 24.0 Å². The van der Waals surface area contributed by atoms with Crippen LogP contribution in [0, 0.1) is 27.6 Å². The summed E-state index contributed by atoms with van der Waals surface area (Å²) in [5.41, 5.74) is 0.119. The lowest BCUT2D eigenvalue weighted by Gasteiger charge is -2.29. The van der Waals surface area contributed by atoms with Crippen molar-refractivity contribution in [3.05, 3.63) is 163 Å². The zero-order valence-corrected chi connectivity index (χ0v) is 56.7. The summed E-state index contributed by atoms with van der Waals surface area (Å²) in [6, 6.07) is 51.0. The highest BCUT2D eigenvalue weighted by molar-refractivity contribution is 7.97. The van der Waals surface area contributed by atoms with Gasteiger partial charge in [0, 0.05) is 10.8 Å². The number of aryl methyl sites for hydroxylation is 1. The van der Waals surface area contributed by atoms with E-state index in [1.165, 1.54) is 46.1 Å². The lowest BCUT2D eigenvalue weighted by Crippen LogP contribution is -2.44. The van der Waals surface area contributed by atoms with E-state index in [0.717, 1.165) is 31.1 Å². The van der Waals surface area contributed by atoms with Crippen LogP contribution in [0.25, 0.3) is 10.8 Å². The third kappa shape index (κ3) is 18.3. The van der Waals surface area contributed by atoms with Crippen molar-refractivity contribution < 1.29 is 79.3 Å². The van der Waals surface area contributed by atoms with Crippen molar-refractivity contribution in [3.63, 3.8) is 0 Å². The molecule has 3 fully saturated rings. The SMILES string of the molecule is CCC(C)(C)C(=O)OC(C)C(F)(F)S(=O)(=O)[O-].CCC(C)(C)C(=O)OC1C2CC3C(=O)OC1C3O2.CCC(C)(C)C(=O)OC1CCCCc2ccccc21.CCC(C)(C)C(=O)Oc1ccc(O)c2ccccc12.c1ccc([S+](c2ccccc2)c2ccccc2)cc1. The fourth-order valence-corrected chi connectivity index (χ4v) is 12.3. The first-order valence-corrected chi connectivity index (χ1v) is 34.1. The number of hydrogen-bond donors (Lipinski definition) is 1. The minimum Gasteiger partial charge on any atom is -0.743 e. The molecular weight excluding hydrogens is 1220 g/mol. The largest absolute Gasteiger partial charge is 0.743 e. The molecule has 7 unspecified atom stereocenters. The lowest BCUT2D eigenvalue weighted by molar-refractivity contribution is -0.170. The van der Waals surface area contributed by atoms with E-state index in [1.807, 2.05) is 86.6 Å². The number of aromatic hydroxyl groups is 1. The number of hydrogen-bond acceptors (Lipinski definition) is 15. The van der Waals surface area contributed by atoms with E-state index in [4.69, 9.17) is 23.7 Å². The summed E-state index contributed by atoms with van der Waals surface area (Å²) in [5.74, 6) is -1.23. The minimum absolute atomic E-state index is 0.0146. The van der Waals surface area contributed by atoms with Crippen LogP contribution in [0.1, 0.15) is 159 Å². The predicted octanol–water partition coefficient (Wildman–Crippen LogP) is 15.6. The summed E-state index contributed by atoms with van der Waals surface area (Å²) < 4.78 is 89.0. The molecule has 6 aromatic carbocycles. The van der Waals surface area contributed by atoms with Gasteiger partial charge in [0.25, 0.3) is 0 Å². The fourth-order valence-electron chi connectivity index (χ4n) is 9.78. The summed E-state index contributed by atoms with van der Waals surface area (Å²) in [6.45, 7) is 22.5. The second kappa shape index (κ2) is 31.6. The topological polar surface area (TPSA) is 218 Å². The number of rotatable bonds is 17. The van der Waals surface area contributed by atoms with Crippen molar-refractivity contribution in [2.75, 3.05) is 0 Å². The smallest absolute Gasteiger partial charge is 0.369 e. The Labute approximate surface area is 544 Å². The monoisotopic (exact) mass is 1310 g/mol. The van der Waals surface area contributed by atoms with Crippen molar-refractivity contribution in [1.82, 2.24) is 0 Å². The molecule has 2 bridgehead atoms. The highest BCUT2D eigenvalue weighted by atomic mass is 32.2. The minimum atomic E-state index is -5.86. The van der Waals surface area contributed by atoms with Gasteiger partial charge >= 0.3 is 35.1 Å². The maximum atomic E-state index is 13.0. The van der Waals surface area contributed by atoms with Crippen LogP contribution in [0.15, 0.2) is 166 Å². The molecule has 15 nitrogen and oxygen atoms in total. The van der Waals surface area contributed by atoms with E-state index in [2.05, 4.69) is 114 Å². The highest BCUT2D eigenvalue weighted by Crippen LogP contribution is 2.48. The highest BCUT2D eigenvalue weighted by Gasteiger charge is 2.65. The molecule has 0 spiro atoms. The van der Waals surface area contributed by atoms with Gasteiger partial charge in [-0.1, -0.05) is 131 Å². The molecular formula is C73H90F2O15S2. The molecule has 0 radical (unpaired) electrons. The number of fused-ring (bicyclic) bond motifs is 3. The van der Waals surface area contributed by atoms with Gasteiger partial charge in [0.1, 0.15) is 23.7 Å². The molecule has 498 valence electrons. The zero-order valence-electron chi connectivity index (χ0n) is 55.1. The van der Waals surface area contributed by atoms with Gasteiger partial charge in [-0.25, -0.2) is 8.42 Å². The molecule has 0 amide bonds. The fraction of sp³-hybridized carbons (Fsp3) is 0.466. The molecule has 0 aromatic heterocycles.